The summed E-state index contributed by atoms with van der Waals surface area (Å²) in [6.45, 7) is 6.49. The number of rotatable bonds is 4. The number of benzene rings is 2. The van der Waals surface area contributed by atoms with Crippen LogP contribution in [0.1, 0.15) is 40.7 Å². The normalized spacial score (nSPS) is 13.8. The number of aryl methyl sites for hydroxylation is 3. The number of nitrogens with zero attached hydrogens (tertiary/aromatic N) is 2. The SMILES string of the molecule is Cc1cccc(O[C@H](C)C(=O)NNC(=O)c2ccc3nc4n(c3c2)CCC4)c1C. The molecule has 0 fully saturated rings. The summed E-state index contributed by atoms with van der Waals surface area (Å²) in [5, 5.41) is 0. The molecule has 2 heterocycles. The van der Waals surface area contributed by atoms with E-state index in [2.05, 4.69) is 20.4 Å². The van der Waals surface area contributed by atoms with Crippen LogP contribution in [0.25, 0.3) is 11.0 Å². The monoisotopic (exact) mass is 392 g/mol. The molecular formula is C22H24N4O3. The van der Waals surface area contributed by atoms with Gasteiger partial charge in [0, 0.05) is 18.5 Å². The first-order valence-electron chi connectivity index (χ1n) is 9.76. The smallest absolute Gasteiger partial charge is 0.279 e. The van der Waals surface area contributed by atoms with Crippen molar-refractivity contribution in [3.63, 3.8) is 0 Å². The second kappa shape index (κ2) is 7.58. The van der Waals surface area contributed by atoms with E-state index in [1.165, 1.54) is 0 Å². The van der Waals surface area contributed by atoms with Gasteiger partial charge in [-0.15, -0.1) is 0 Å². The van der Waals surface area contributed by atoms with Gasteiger partial charge in [-0.3, -0.25) is 20.4 Å². The maximum absolute atomic E-state index is 12.5. The van der Waals surface area contributed by atoms with Crippen molar-refractivity contribution in [1.82, 2.24) is 20.4 Å². The predicted octanol–water partition coefficient (Wildman–Crippen LogP) is 2.83. The van der Waals surface area contributed by atoms with Gasteiger partial charge in [-0.25, -0.2) is 4.98 Å². The van der Waals surface area contributed by atoms with Crippen LogP contribution in [0, 0.1) is 13.8 Å². The quantitative estimate of drug-likeness (QED) is 0.669. The maximum Gasteiger partial charge on any atom is 0.279 e. The number of amides is 2. The third kappa shape index (κ3) is 3.68. The molecule has 0 radical (unpaired) electrons. The van der Waals surface area contributed by atoms with Crippen molar-refractivity contribution in [2.45, 2.75) is 46.3 Å². The van der Waals surface area contributed by atoms with Crippen LogP contribution in [0.2, 0.25) is 0 Å². The van der Waals surface area contributed by atoms with Gasteiger partial charge in [0.2, 0.25) is 0 Å². The Hall–Kier alpha value is -3.35. The Bertz CT molecular complexity index is 1100. The second-order valence-electron chi connectivity index (χ2n) is 7.39. The van der Waals surface area contributed by atoms with Crippen molar-refractivity contribution in [3.8, 4) is 5.75 Å². The van der Waals surface area contributed by atoms with E-state index in [1.807, 2.05) is 44.2 Å². The topological polar surface area (TPSA) is 85.2 Å². The van der Waals surface area contributed by atoms with Crippen LogP contribution in [0.4, 0.5) is 0 Å². The minimum atomic E-state index is -0.753. The van der Waals surface area contributed by atoms with Crippen LogP contribution in [0.5, 0.6) is 5.75 Å². The van der Waals surface area contributed by atoms with Crippen molar-refractivity contribution in [3.05, 3.63) is 58.9 Å². The summed E-state index contributed by atoms with van der Waals surface area (Å²) in [5.41, 5.74) is 9.28. The molecule has 29 heavy (non-hydrogen) atoms. The number of ether oxygens (including phenoxy) is 1. The summed E-state index contributed by atoms with van der Waals surface area (Å²) in [6.07, 6.45) is 1.28. The summed E-state index contributed by atoms with van der Waals surface area (Å²) in [5.74, 6) is 0.903. The van der Waals surface area contributed by atoms with Crippen molar-refractivity contribution in [2.24, 2.45) is 0 Å². The lowest BCUT2D eigenvalue weighted by Crippen LogP contribution is -2.47. The van der Waals surface area contributed by atoms with Gasteiger partial charge in [-0.05, 0) is 62.6 Å². The van der Waals surface area contributed by atoms with E-state index in [9.17, 15) is 9.59 Å². The van der Waals surface area contributed by atoms with Crippen molar-refractivity contribution >= 4 is 22.8 Å². The van der Waals surface area contributed by atoms with E-state index in [-0.39, 0.29) is 5.91 Å². The molecule has 4 rings (SSSR count). The van der Waals surface area contributed by atoms with Crippen LogP contribution >= 0.6 is 0 Å². The molecule has 1 aliphatic rings. The van der Waals surface area contributed by atoms with Gasteiger partial charge in [0.15, 0.2) is 6.10 Å². The Balaban J connectivity index is 1.39. The molecule has 0 saturated carbocycles. The fourth-order valence-corrected chi connectivity index (χ4v) is 3.54. The number of hydrazine groups is 1. The first-order chi connectivity index (χ1) is 13.9. The second-order valence-corrected chi connectivity index (χ2v) is 7.39. The molecule has 0 aliphatic carbocycles. The fourth-order valence-electron chi connectivity index (χ4n) is 3.54. The van der Waals surface area contributed by atoms with Crippen molar-refractivity contribution in [1.29, 1.82) is 0 Å². The van der Waals surface area contributed by atoms with E-state index in [4.69, 9.17) is 4.74 Å². The molecule has 0 unspecified atom stereocenters. The zero-order valence-electron chi connectivity index (χ0n) is 16.8. The highest BCUT2D eigenvalue weighted by Crippen LogP contribution is 2.24. The predicted molar refractivity (Wildman–Crippen MR) is 110 cm³/mol. The minimum Gasteiger partial charge on any atom is -0.481 e. The molecule has 2 aromatic carbocycles. The number of carbonyl (C=O) groups is 2. The zero-order chi connectivity index (χ0) is 20.5. The van der Waals surface area contributed by atoms with Gasteiger partial charge in [0.25, 0.3) is 11.8 Å². The Morgan fingerprint density at radius 3 is 2.83 bits per heavy atom. The molecule has 150 valence electrons. The number of imidazole rings is 1. The van der Waals surface area contributed by atoms with Crippen molar-refractivity contribution < 1.29 is 14.3 Å². The summed E-state index contributed by atoms with van der Waals surface area (Å²) in [4.78, 5) is 29.4. The highest BCUT2D eigenvalue weighted by molar-refractivity contribution is 5.98. The molecule has 2 amide bonds. The van der Waals surface area contributed by atoms with Crippen LogP contribution < -0.4 is 15.6 Å². The standard InChI is InChI=1S/C22H24N4O3/c1-13-6-4-7-19(14(13)2)29-15(3)21(27)24-25-22(28)16-9-10-17-18(12-16)26-11-5-8-20(26)23-17/h4,6-7,9-10,12,15H,5,8,11H2,1-3H3,(H,24,27)(H,25,28)/t15-/m1/s1. The molecule has 0 spiro atoms. The third-order valence-corrected chi connectivity index (χ3v) is 5.40. The highest BCUT2D eigenvalue weighted by atomic mass is 16.5. The van der Waals surface area contributed by atoms with Gasteiger partial charge in [-0.2, -0.15) is 0 Å². The Kier molecular flexibility index (Phi) is 4.96. The molecule has 1 aromatic heterocycles. The summed E-state index contributed by atoms with van der Waals surface area (Å²) >= 11 is 0. The zero-order valence-corrected chi connectivity index (χ0v) is 16.8. The molecule has 7 heteroatoms. The first-order valence-corrected chi connectivity index (χ1v) is 9.76. The van der Waals surface area contributed by atoms with E-state index >= 15 is 0 Å². The van der Waals surface area contributed by atoms with E-state index in [1.54, 1.807) is 13.0 Å². The van der Waals surface area contributed by atoms with Crippen LogP contribution in [0.3, 0.4) is 0 Å². The Morgan fingerprint density at radius 1 is 1.17 bits per heavy atom. The largest absolute Gasteiger partial charge is 0.481 e. The molecular weight excluding hydrogens is 368 g/mol. The number of hydrogen-bond donors (Lipinski definition) is 2. The lowest BCUT2D eigenvalue weighted by molar-refractivity contribution is -0.128. The molecule has 2 N–H and O–H groups in total. The lowest BCUT2D eigenvalue weighted by atomic mass is 10.1. The van der Waals surface area contributed by atoms with E-state index < -0.39 is 12.0 Å². The average molecular weight is 392 g/mol. The van der Waals surface area contributed by atoms with Crippen LogP contribution in [-0.2, 0) is 17.8 Å². The maximum atomic E-state index is 12.5. The third-order valence-electron chi connectivity index (χ3n) is 5.40. The van der Waals surface area contributed by atoms with E-state index in [0.717, 1.165) is 47.4 Å². The molecule has 7 nitrogen and oxygen atoms in total. The van der Waals surface area contributed by atoms with Crippen molar-refractivity contribution in [2.75, 3.05) is 0 Å². The van der Waals surface area contributed by atoms with Gasteiger partial charge >= 0.3 is 0 Å². The summed E-state index contributed by atoms with van der Waals surface area (Å²) in [7, 11) is 0. The number of nitrogens with one attached hydrogen (secondary N) is 2. The molecule has 0 saturated heterocycles. The highest BCUT2D eigenvalue weighted by Gasteiger charge is 2.19. The summed E-state index contributed by atoms with van der Waals surface area (Å²) in [6, 6.07) is 11.1. The molecule has 3 aromatic rings. The number of fused-ring (bicyclic) bond motifs is 3. The van der Waals surface area contributed by atoms with E-state index in [0.29, 0.717) is 11.3 Å². The van der Waals surface area contributed by atoms with Gasteiger partial charge in [0.05, 0.1) is 11.0 Å². The molecule has 0 bridgehead atoms. The van der Waals surface area contributed by atoms with Crippen LogP contribution in [0.15, 0.2) is 36.4 Å². The van der Waals surface area contributed by atoms with Gasteiger partial charge in [0.1, 0.15) is 11.6 Å². The fraction of sp³-hybridized carbons (Fsp3) is 0.318. The summed E-state index contributed by atoms with van der Waals surface area (Å²) < 4.78 is 7.89. The first kappa shape index (κ1) is 19.0. The molecule has 1 atom stereocenters. The minimum absolute atomic E-state index is 0.382. The Labute approximate surface area is 169 Å². The van der Waals surface area contributed by atoms with Gasteiger partial charge < -0.3 is 9.30 Å². The molecule has 1 aliphatic heterocycles. The number of aromatic nitrogens is 2. The Morgan fingerprint density at radius 2 is 2.00 bits per heavy atom. The van der Waals surface area contributed by atoms with Crippen LogP contribution in [-0.4, -0.2) is 27.5 Å². The number of hydrogen-bond acceptors (Lipinski definition) is 4. The van der Waals surface area contributed by atoms with Gasteiger partial charge in [-0.1, -0.05) is 12.1 Å². The average Bonchev–Trinajstić information content (AvgIpc) is 3.30. The lowest BCUT2D eigenvalue weighted by Gasteiger charge is -2.17. The number of carbonyl (C=O) groups excluding carboxylic acids is 2.